The number of aryl methyl sites for hydroxylation is 1. The summed E-state index contributed by atoms with van der Waals surface area (Å²) in [4.78, 5) is 4.29. The van der Waals surface area contributed by atoms with Gasteiger partial charge in [0.05, 0.1) is 19.8 Å². The molecule has 6 heteroatoms. The number of hydrogen-bond acceptors (Lipinski definition) is 6. The summed E-state index contributed by atoms with van der Waals surface area (Å²) in [6.07, 6.45) is 0.554. The zero-order valence-corrected chi connectivity index (χ0v) is 11.3. The van der Waals surface area contributed by atoms with Crippen LogP contribution in [0.2, 0.25) is 0 Å². The normalized spacial score (nSPS) is 10.5. The van der Waals surface area contributed by atoms with Gasteiger partial charge in [0.2, 0.25) is 11.7 Å². The van der Waals surface area contributed by atoms with Crippen LogP contribution in [-0.4, -0.2) is 30.9 Å². The first kappa shape index (κ1) is 13.4. The third-order valence-electron chi connectivity index (χ3n) is 2.78. The second kappa shape index (κ2) is 5.71. The minimum atomic E-state index is 0.468. The first-order valence-corrected chi connectivity index (χ1v) is 5.95. The number of aromatic nitrogens is 2. The average Bonchev–Trinajstić information content (AvgIpc) is 2.87. The van der Waals surface area contributed by atoms with Crippen LogP contribution in [-0.2, 0) is 6.42 Å². The van der Waals surface area contributed by atoms with E-state index >= 15 is 0 Å². The minimum Gasteiger partial charge on any atom is -0.496 e. The van der Waals surface area contributed by atoms with Crippen molar-refractivity contribution in [2.45, 2.75) is 13.3 Å². The van der Waals surface area contributed by atoms with Gasteiger partial charge in [-0.05, 0) is 24.6 Å². The van der Waals surface area contributed by atoms with E-state index in [2.05, 4.69) is 10.1 Å². The molecule has 0 amide bonds. The maximum atomic E-state index is 5.46. The van der Waals surface area contributed by atoms with Crippen LogP contribution < -0.4 is 15.2 Å². The molecule has 102 valence electrons. The van der Waals surface area contributed by atoms with E-state index in [1.54, 1.807) is 14.2 Å². The first-order chi connectivity index (χ1) is 9.19. The number of methoxy groups -OCH3 is 2. The van der Waals surface area contributed by atoms with Crippen LogP contribution in [0.4, 0.5) is 0 Å². The van der Waals surface area contributed by atoms with E-state index in [4.69, 9.17) is 19.7 Å². The summed E-state index contributed by atoms with van der Waals surface area (Å²) < 4.78 is 15.8. The smallest absolute Gasteiger partial charge is 0.228 e. The van der Waals surface area contributed by atoms with Crippen LogP contribution in [0.5, 0.6) is 11.5 Å². The van der Waals surface area contributed by atoms with Gasteiger partial charge in [0.1, 0.15) is 11.5 Å². The van der Waals surface area contributed by atoms with Crippen molar-refractivity contribution < 1.29 is 14.0 Å². The lowest BCUT2D eigenvalue weighted by Crippen LogP contribution is -2.02. The molecule has 0 bridgehead atoms. The number of hydrogen-bond donors (Lipinski definition) is 1. The van der Waals surface area contributed by atoms with Crippen molar-refractivity contribution in [2.75, 3.05) is 20.8 Å². The quantitative estimate of drug-likeness (QED) is 0.881. The summed E-state index contributed by atoms with van der Waals surface area (Å²) in [6.45, 7) is 2.41. The Bertz CT molecular complexity index is 566. The number of rotatable bonds is 5. The number of ether oxygens (including phenoxy) is 2. The molecule has 0 aliphatic rings. The van der Waals surface area contributed by atoms with Gasteiger partial charge in [-0.1, -0.05) is 5.16 Å². The molecule has 0 spiro atoms. The van der Waals surface area contributed by atoms with Gasteiger partial charge in [-0.3, -0.25) is 0 Å². The zero-order valence-electron chi connectivity index (χ0n) is 11.3. The van der Waals surface area contributed by atoms with Crippen molar-refractivity contribution in [1.82, 2.24) is 10.1 Å². The first-order valence-electron chi connectivity index (χ1n) is 5.95. The number of nitrogens with zero attached hydrogens (tertiary/aromatic N) is 2. The van der Waals surface area contributed by atoms with Crippen molar-refractivity contribution in [1.29, 1.82) is 0 Å². The third-order valence-corrected chi connectivity index (χ3v) is 2.78. The molecule has 0 unspecified atom stereocenters. The predicted molar refractivity (Wildman–Crippen MR) is 70.3 cm³/mol. The molecule has 2 rings (SSSR count). The molecule has 2 N–H and O–H groups in total. The Balaban J connectivity index is 2.46. The fourth-order valence-electron chi connectivity index (χ4n) is 1.81. The highest BCUT2D eigenvalue weighted by molar-refractivity contribution is 5.67. The molecule has 0 aliphatic heterocycles. The Morgan fingerprint density at radius 3 is 2.58 bits per heavy atom. The van der Waals surface area contributed by atoms with E-state index in [-0.39, 0.29) is 0 Å². The highest BCUT2D eigenvalue weighted by Gasteiger charge is 2.15. The summed E-state index contributed by atoms with van der Waals surface area (Å²) in [5.74, 6) is 2.41. The van der Waals surface area contributed by atoms with Gasteiger partial charge in [-0.2, -0.15) is 4.98 Å². The van der Waals surface area contributed by atoms with Crippen molar-refractivity contribution in [3.63, 3.8) is 0 Å². The average molecular weight is 263 g/mol. The van der Waals surface area contributed by atoms with Crippen molar-refractivity contribution in [3.05, 3.63) is 23.6 Å². The van der Waals surface area contributed by atoms with Gasteiger partial charge in [-0.25, -0.2) is 0 Å². The van der Waals surface area contributed by atoms with Crippen LogP contribution in [0.3, 0.4) is 0 Å². The Labute approximate surface area is 111 Å². The van der Waals surface area contributed by atoms with Gasteiger partial charge in [0.25, 0.3) is 0 Å². The van der Waals surface area contributed by atoms with Crippen LogP contribution >= 0.6 is 0 Å². The molecule has 0 atom stereocenters. The largest absolute Gasteiger partial charge is 0.496 e. The molecule has 1 heterocycles. The number of benzene rings is 1. The van der Waals surface area contributed by atoms with E-state index in [0.29, 0.717) is 30.4 Å². The molecule has 6 nitrogen and oxygen atoms in total. The van der Waals surface area contributed by atoms with Gasteiger partial charge >= 0.3 is 0 Å². The van der Waals surface area contributed by atoms with Gasteiger partial charge in [0.15, 0.2) is 0 Å². The molecular weight excluding hydrogens is 246 g/mol. The summed E-state index contributed by atoms with van der Waals surface area (Å²) in [6, 6.07) is 3.72. The van der Waals surface area contributed by atoms with Gasteiger partial charge in [0, 0.05) is 13.0 Å². The van der Waals surface area contributed by atoms with E-state index in [9.17, 15) is 0 Å². The molecule has 0 fully saturated rings. The van der Waals surface area contributed by atoms with Crippen LogP contribution in [0, 0.1) is 6.92 Å². The maximum absolute atomic E-state index is 5.46. The van der Waals surface area contributed by atoms with Crippen LogP contribution in [0.25, 0.3) is 11.4 Å². The maximum Gasteiger partial charge on any atom is 0.228 e. The van der Waals surface area contributed by atoms with Crippen LogP contribution in [0.15, 0.2) is 16.7 Å². The monoisotopic (exact) mass is 263 g/mol. The molecule has 19 heavy (non-hydrogen) atoms. The SMILES string of the molecule is COc1cc(-c2noc(CCN)n2)c(OC)cc1C. The summed E-state index contributed by atoms with van der Waals surface area (Å²) in [5, 5.41) is 3.94. The lowest BCUT2D eigenvalue weighted by Gasteiger charge is -2.10. The second-order valence-corrected chi connectivity index (χ2v) is 4.07. The van der Waals surface area contributed by atoms with E-state index in [1.807, 2.05) is 19.1 Å². The molecule has 0 saturated carbocycles. The third kappa shape index (κ3) is 2.68. The minimum absolute atomic E-state index is 0.468. The van der Waals surface area contributed by atoms with Crippen molar-refractivity contribution >= 4 is 0 Å². The standard InChI is InChI=1S/C13H17N3O3/c1-8-6-11(18-3)9(7-10(8)17-2)13-15-12(4-5-14)19-16-13/h6-7H,4-5,14H2,1-3H3. The zero-order chi connectivity index (χ0) is 13.8. The van der Waals surface area contributed by atoms with E-state index in [1.165, 1.54) is 0 Å². The Morgan fingerprint density at radius 2 is 1.95 bits per heavy atom. The summed E-state index contributed by atoms with van der Waals surface area (Å²) in [5.41, 5.74) is 7.17. The Kier molecular flexibility index (Phi) is 4.01. The van der Waals surface area contributed by atoms with Crippen LogP contribution in [0.1, 0.15) is 11.5 Å². The fourth-order valence-corrected chi connectivity index (χ4v) is 1.81. The van der Waals surface area contributed by atoms with Crippen molar-refractivity contribution in [3.8, 4) is 22.9 Å². The summed E-state index contributed by atoms with van der Waals surface area (Å²) in [7, 11) is 3.22. The molecule has 1 aromatic carbocycles. The Hall–Kier alpha value is -2.08. The number of nitrogens with two attached hydrogens (primary N) is 1. The van der Waals surface area contributed by atoms with E-state index in [0.717, 1.165) is 16.9 Å². The lowest BCUT2D eigenvalue weighted by molar-refractivity contribution is 0.379. The summed E-state index contributed by atoms with van der Waals surface area (Å²) >= 11 is 0. The van der Waals surface area contributed by atoms with Gasteiger partial charge < -0.3 is 19.7 Å². The molecule has 2 aromatic rings. The highest BCUT2D eigenvalue weighted by Crippen LogP contribution is 2.34. The predicted octanol–water partition coefficient (Wildman–Crippen LogP) is 1.56. The topological polar surface area (TPSA) is 83.4 Å². The molecular formula is C13H17N3O3. The fraction of sp³-hybridized carbons (Fsp3) is 0.385. The van der Waals surface area contributed by atoms with Crippen molar-refractivity contribution in [2.24, 2.45) is 5.73 Å². The molecule has 0 aliphatic carbocycles. The molecule has 0 saturated heterocycles. The highest BCUT2D eigenvalue weighted by atomic mass is 16.5. The molecule has 0 radical (unpaired) electrons. The van der Waals surface area contributed by atoms with E-state index < -0.39 is 0 Å². The lowest BCUT2D eigenvalue weighted by atomic mass is 10.1. The van der Waals surface area contributed by atoms with Gasteiger partial charge in [-0.15, -0.1) is 0 Å². The Morgan fingerprint density at radius 1 is 1.21 bits per heavy atom. The molecule has 1 aromatic heterocycles. The second-order valence-electron chi connectivity index (χ2n) is 4.07.